The summed E-state index contributed by atoms with van der Waals surface area (Å²) in [6, 6.07) is 0. The van der Waals surface area contributed by atoms with Gasteiger partial charge in [0.15, 0.2) is 5.65 Å². The molecule has 0 radical (unpaired) electrons. The number of H-pyrrole nitrogens is 1. The third-order valence-corrected chi connectivity index (χ3v) is 3.11. The van der Waals surface area contributed by atoms with Crippen molar-refractivity contribution in [3.63, 3.8) is 0 Å². The van der Waals surface area contributed by atoms with Crippen LogP contribution in [0.3, 0.4) is 0 Å². The molecule has 0 aliphatic heterocycles. The fourth-order valence-corrected chi connectivity index (χ4v) is 2.24. The minimum Gasteiger partial charge on any atom is -0.394 e. The Labute approximate surface area is 98.0 Å². The van der Waals surface area contributed by atoms with Crippen LogP contribution in [0.25, 0.3) is 10.3 Å². The molecule has 2 rings (SSSR count). The van der Waals surface area contributed by atoms with Crippen LogP contribution >= 0.6 is 11.3 Å². The molecule has 2 heterocycles. The van der Waals surface area contributed by atoms with Gasteiger partial charge >= 0.3 is 4.87 Å². The molecular formula is C8H10N4O4S. The van der Waals surface area contributed by atoms with Gasteiger partial charge in [0, 0.05) is 0 Å². The summed E-state index contributed by atoms with van der Waals surface area (Å²) in [7, 11) is 0. The molecule has 0 aliphatic carbocycles. The molecule has 8 nitrogen and oxygen atoms in total. The van der Waals surface area contributed by atoms with Gasteiger partial charge in [-0.2, -0.15) is 4.98 Å². The van der Waals surface area contributed by atoms with Crippen LogP contribution in [0.4, 0.5) is 5.95 Å². The van der Waals surface area contributed by atoms with Crippen molar-refractivity contribution in [2.75, 3.05) is 12.3 Å². The van der Waals surface area contributed by atoms with Crippen molar-refractivity contribution in [2.24, 2.45) is 0 Å². The first-order chi connectivity index (χ1) is 8.02. The van der Waals surface area contributed by atoms with Crippen molar-refractivity contribution >= 4 is 27.6 Å². The molecule has 1 atom stereocenters. The van der Waals surface area contributed by atoms with Gasteiger partial charge in [0.25, 0.3) is 5.56 Å². The topological polar surface area (TPSA) is 134 Å². The molecule has 0 bridgehead atoms. The molecule has 1 unspecified atom stereocenters. The number of hydrogen-bond donors (Lipinski definition) is 4. The van der Waals surface area contributed by atoms with Crippen molar-refractivity contribution in [1.29, 1.82) is 0 Å². The normalized spacial score (nSPS) is 13.1. The summed E-state index contributed by atoms with van der Waals surface area (Å²) in [5.41, 5.74) is 5.00. The van der Waals surface area contributed by atoms with Gasteiger partial charge in [-0.1, -0.05) is 11.3 Å². The smallest absolute Gasteiger partial charge is 0.309 e. The number of nitrogens with one attached hydrogen (secondary N) is 1. The van der Waals surface area contributed by atoms with E-state index in [4.69, 9.17) is 10.8 Å². The Hall–Kier alpha value is -1.71. The molecule has 0 aromatic carbocycles. The summed E-state index contributed by atoms with van der Waals surface area (Å²) in [6.07, 6.45) is -1.09. The first-order valence-electron chi connectivity index (χ1n) is 4.71. The molecule has 2 aromatic rings. The van der Waals surface area contributed by atoms with Crippen LogP contribution in [0, 0.1) is 0 Å². The van der Waals surface area contributed by atoms with Crippen LogP contribution in [0.1, 0.15) is 0 Å². The largest absolute Gasteiger partial charge is 0.394 e. The third kappa shape index (κ3) is 2.07. The summed E-state index contributed by atoms with van der Waals surface area (Å²) in [6.45, 7) is -0.617. The highest BCUT2D eigenvalue weighted by Crippen LogP contribution is 2.11. The van der Waals surface area contributed by atoms with Crippen molar-refractivity contribution in [2.45, 2.75) is 12.6 Å². The number of nitrogen functional groups attached to an aromatic ring is 1. The lowest BCUT2D eigenvalue weighted by atomic mass is 10.4. The van der Waals surface area contributed by atoms with Gasteiger partial charge < -0.3 is 15.9 Å². The Balaban J connectivity index is 2.67. The summed E-state index contributed by atoms with van der Waals surface area (Å²) in [5.74, 6) is -0.104. The molecule has 0 saturated heterocycles. The number of rotatable bonds is 3. The first-order valence-corrected chi connectivity index (χ1v) is 5.52. The van der Waals surface area contributed by atoms with Crippen LogP contribution in [-0.4, -0.2) is 37.5 Å². The Morgan fingerprint density at radius 1 is 1.53 bits per heavy atom. The number of aliphatic hydroxyl groups excluding tert-OH is 2. The van der Waals surface area contributed by atoms with E-state index in [2.05, 4.69) is 9.97 Å². The lowest BCUT2D eigenvalue weighted by Gasteiger charge is -2.07. The van der Waals surface area contributed by atoms with E-state index in [1.807, 2.05) is 0 Å². The third-order valence-electron chi connectivity index (χ3n) is 2.15. The second kappa shape index (κ2) is 4.28. The van der Waals surface area contributed by atoms with E-state index in [1.54, 1.807) is 0 Å². The van der Waals surface area contributed by atoms with Crippen LogP contribution in [0.15, 0.2) is 9.59 Å². The molecule has 0 fully saturated rings. The second-order valence-corrected chi connectivity index (χ2v) is 4.38. The van der Waals surface area contributed by atoms with E-state index in [9.17, 15) is 14.7 Å². The second-order valence-electron chi connectivity index (χ2n) is 3.42. The van der Waals surface area contributed by atoms with Crippen molar-refractivity contribution in [3.05, 3.63) is 20.0 Å². The molecule has 9 heteroatoms. The fourth-order valence-electron chi connectivity index (χ4n) is 1.40. The maximum atomic E-state index is 11.6. The van der Waals surface area contributed by atoms with E-state index >= 15 is 0 Å². The first kappa shape index (κ1) is 11.8. The lowest BCUT2D eigenvalue weighted by molar-refractivity contribution is 0.0816. The van der Waals surface area contributed by atoms with E-state index in [1.165, 1.54) is 0 Å². The zero-order valence-electron chi connectivity index (χ0n) is 8.58. The maximum Gasteiger partial charge on any atom is 0.309 e. The van der Waals surface area contributed by atoms with Crippen molar-refractivity contribution in [3.8, 4) is 0 Å². The maximum absolute atomic E-state index is 11.6. The highest BCUT2D eigenvalue weighted by Gasteiger charge is 2.15. The SMILES string of the molecule is Nc1nc2c(sc(=O)n2CC(O)CO)c(=O)[nH]1. The zero-order valence-corrected chi connectivity index (χ0v) is 9.40. The number of nitrogens with two attached hydrogens (primary N) is 1. The van der Waals surface area contributed by atoms with Crippen LogP contribution < -0.4 is 16.2 Å². The standard InChI is InChI=1S/C8H10N4O4S/c9-7-10-5-4(6(15)11-7)17-8(16)12(5)1-3(14)2-13/h3,13-14H,1-2H2,(H3,9,10,11,15). The van der Waals surface area contributed by atoms with Gasteiger partial charge in [-0.25, -0.2) is 0 Å². The summed E-state index contributed by atoms with van der Waals surface area (Å²) < 4.78 is 1.27. The van der Waals surface area contributed by atoms with E-state index in [0.29, 0.717) is 0 Å². The average molecular weight is 258 g/mol. The van der Waals surface area contributed by atoms with Crippen molar-refractivity contribution < 1.29 is 10.2 Å². The minimum atomic E-state index is -1.09. The molecule has 92 valence electrons. The Bertz CT molecular complexity index is 658. The molecule has 17 heavy (non-hydrogen) atoms. The fraction of sp³-hybridized carbons (Fsp3) is 0.375. The Morgan fingerprint density at radius 2 is 2.24 bits per heavy atom. The zero-order chi connectivity index (χ0) is 12.6. The van der Waals surface area contributed by atoms with Crippen LogP contribution in [-0.2, 0) is 6.54 Å². The van der Waals surface area contributed by atoms with Crippen LogP contribution in [0.2, 0.25) is 0 Å². The van der Waals surface area contributed by atoms with Gasteiger partial charge in [-0.05, 0) is 0 Å². The highest BCUT2D eigenvalue weighted by molar-refractivity contribution is 7.16. The monoisotopic (exact) mass is 258 g/mol. The number of aromatic amines is 1. The molecule has 2 aromatic heterocycles. The van der Waals surface area contributed by atoms with Crippen LogP contribution in [0.5, 0.6) is 0 Å². The van der Waals surface area contributed by atoms with E-state index in [-0.39, 0.29) is 22.8 Å². The number of fused-ring (bicyclic) bond motifs is 1. The van der Waals surface area contributed by atoms with Crippen molar-refractivity contribution in [1.82, 2.24) is 14.5 Å². The van der Waals surface area contributed by atoms with E-state index in [0.717, 1.165) is 15.9 Å². The number of aliphatic hydroxyl groups is 2. The van der Waals surface area contributed by atoms with Gasteiger partial charge in [0.2, 0.25) is 5.95 Å². The van der Waals surface area contributed by atoms with E-state index < -0.39 is 23.1 Å². The molecule has 5 N–H and O–H groups in total. The highest BCUT2D eigenvalue weighted by atomic mass is 32.1. The van der Waals surface area contributed by atoms with Gasteiger partial charge in [-0.3, -0.25) is 19.1 Å². The quantitative estimate of drug-likeness (QED) is 0.507. The van der Waals surface area contributed by atoms with Gasteiger partial charge in [-0.15, -0.1) is 0 Å². The molecule has 0 aliphatic rings. The van der Waals surface area contributed by atoms with Gasteiger partial charge in [0.1, 0.15) is 4.70 Å². The summed E-state index contributed by atoms with van der Waals surface area (Å²) >= 11 is 0.719. The van der Waals surface area contributed by atoms with Gasteiger partial charge in [0.05, 0.1) is 19.3 Å². The summed E-state index contributed by atoms with van der Waals surface area (Å²) in [4.78, 5) is 28.8. The minimum absolute atomic E-state index is 0.104. The molecular weight excluding hydrogens is 248 g/mol. The Morgan fingerprint density at radius 3 is 2.88 bits per heavy atom. The number of aromatic nitrogens is 3. The predicted octanol–water partition coefficient (Wildman–Crippen LogP) is -1.92. The number of anilines is 1. The number of nitrogens with zero attached hydrogens (tertiary/aromatic N) is 2. The molecule has 0 amide bonds. The molecule has 0 spiro atoms. The number of hydrogen-bond acceptors (Lipinski definition) is 7. The molecule has 0 saturated carbocycles. The average Bonchev–Trinajstić information content (AvgIpc) is 2.57. The Kier molecular flexibility index (Phi) is 2.96. The predicted molar refractivity (Wildman–Crippen MR) is 62.0 cm³/mol. The summed E-state index contributed by atoms with van der Waals surface area (Å²) in [5, 5.41) is 18.0. The number of thiazole rings is 1. The lowest BCUT2D eigenvalue weighted by Crippen LogP contribution is -2.25.